The quantitative estimate of drug-likeness (QED) is 0.158. The highest BCUT2D eigenvalue weighted by atomic mass is 19.1. The Bertz CT molecular complexity index is 1250. The Morgan fingerprint density at radius 3 is 2.36 bits per heavy atom. The maximum absolute atomic E-state index is 16.1. The van der Waals surface area contributed by atoms with Gasteiger partial charge in [0, 0.05) is 25.4 Å². The lowest BCUT2D eigenvalue weighted by molar-refractivity contribution is -0.132. The second kappa shape index (κ2) is 17.3. The Kier molecular flexibility index (Phi) is 13.2. The summed E-state index contributed by atoms with van der Waals surface area (Å²) in [5.74, 6) is 1.30. The lowest BCUT2D eigenvalue weighted by atomic mass is 9.51. The van der Waals surface area contributed by atoms with E-state index in [1.165, 1.54) is 50.5 Å². The van der Waals surface area contributed by atoms with Crippen LogP contribution in [0, 0.1) is 23.2 Å². The molecular weight excluding hydrogens is 585 g/mol. The molecule has 2 aromatic carbocycles. The third-order valence-electron chi connectivity index (χ3n) is 12.3. The normalized spacial score (nSPS) is 28.0. The molecule has 2 fully saturated rings. The van der Waals surface area contributed by atoms with Crippen LogP contribution in [0.1, 0.15) is 146 Å². The van der Waals surface area contributed by atoms with Crippen LogP contribution in [0.5, 0.6) is 5.75 Å². The summed E-state index contributed by atoms with van der Waals surface area (Å²) in [6.07, 6.45) is 17.7. The number of phenols is 1. The van der Waals surface area contributed by atoms with Gasteiger partial charge in [-0.15, -0.1) is 0 Å². The Labute approximate surface area is 284 Å². The van der Waals surface area contributed by atoms with Crippen LogP contribution in [0.15, 0.2) is 48.5 Å². The van der Waals surface area contributed by atoms with Gasteiger partial charge in [-0.2, -0.15) is 0 Å². The molecule has 7 atom stereocenters. The zero-order valence-corrected chi connectivity index (χ0v) is 29.4. The number of halogens is 1. The molecule has 0 heterocycles. The maximum Gasteiger partial charge on any atom is 0.222 e. The van der Waals surface area contributed by atoms with Crippen molar-refractivity contribution in [2.45, 2.75) is 154 Å². The van der Waals surface area contributed by atoms with Crippen molar-refractivity contribution in [3.8, 4) is 5.75 Å². The summed E-state index contributed by atoms with van der Waals surface area (Å²) in [5.41, 5.74) is 3.03. The van der Waals surface area contributed by atoms with Crippen LogP contribution in [-0.2, 0) is 17.8 Å². The van der Waals surface area contributed by atoms with Crippen molar-refractivity contribution >= 4 is 5.91 Å². The fourth-order valence-electron chi connectivity index (χ4n) is 9.76. The number of amides is 1. The molecule has 0 bridgehead atoms. The average molecular weight is 648 g/mol. The average Bonchev–Trinajstić information content (AvgIpc) is 3.36. The van der Waals surface area contributed by atoms with E-state index in [9.17, 15) is 15.0 Å². The molecule has 2 aromatic rings. The maximum atomic E-state index is 16.1. The van der Waals surface area contributed by atoms with Crippen LogP contribution in [0.3, 0.4) is 0 Å². The highest BCUT2D eigenvalue weighted by Gasteiger charge is 2.59. The van der Waals surface area contributed by atoms with Crippen molar-refractivity contribution in [2.24, 2.45) is 23.2 Å². The van der Waals surface area contributed by atoms with Crippen molar-refractivity contribution in [1.29, 1.82) is 0 Å². The minimum atomic E-state index is -0.969. The van der Waals surface area contributed by atoms with Crippen LogP contribution in [0.2, 0.25) is 0 Å². The number of aliphatic hydroxyl groups excluding tert-OH is 1. The second-order valence-electron chi connectivity index (χ2n) is 15.6. The molecule has 47 heavy (non-hydrogen) atoms. The fraction of sp³-hybridized carbons (Fsp3) is 0.690. The first-order chi connectivity index (χ1) is 22.8. The SMILES string of the molecule is CCCCCCCCCCCC(=O)N(CCCCC[C@@H]1Cc2cc(O)ccc2C2C1C1CC[C@H](O)[C@@]1(C)C[C@@H]2F)Cc1ccccc1. The molecule has 0 radical (unpaired) electrons. The summed E-state index contributed by atoms with van der Waals surface area (Å²) < 4.78 is 16.1. The highest BCUT2D eigenvalue weighted by molar-refractivity contribution is 5.76. The highest BCUT2D eigenvalue weighted by Crippen LogP contribution is 2.63. The topological polar surface area (TPSA) is 60.8 Å². The van der Waals surface area contributed by atoms with E-state index in [4.69, 9.17) is 0 Å². The first kappa shape index (κ1) is 35.9. The van der Waals surface area contributed by atoms with E-state index in [0.717, 1.165) is 75.5 Å². The summed E-state index contributed by atoms with van der Waals surface area (Å²) in [5, 5.41) is 21.2. The molecule has 260 valence electrons. The van der Waals surface area contributed by atoms with Crippen LogP contribution >= 0.6 is 0 Å². The molecule has 2 saturated carbocycles. The summed E-state index contributed by atoms with van der Waals surface area (Å²) in [4.78, 5) is 15.5. The van der Waals surface area contributed by atoms with E-state index in [-0.39, 0.29) is 28.9 Å². The number of alkyl halides is 1. The molecule has 4 nitrogen and oxygen atoms in total. The Balaban J connectivity index is 1.14. The van der Waals surface area contributed by atoms with Gasteiger partial charge in [0.15, 0.2) is 0 Å². The van der Waals surface area contributed by atoms with Gasteiger partial charge in [-0.05, 0) is 96.9 Å². The van der Waals surface area contributed by atoms with Gasteiger partial charge in [-0.1, -0.05) is 114 Å². The van der Waals surface area contributed by atoms with Crippen molar-refractivity contribution in [1.82, 2.24) is 4.90 Å². The zero-order chi connectivity index (χ0) is 33.2. The molecule has 0 spiro atoms. The standard InChI is InChI=1S/C42H62FNO3/c1-3-4-5-6-7-8-9-10-16-21-39(47)44(30-31-18-13-11-14-19-31)26-17-12-15-20-32-27-33-28-34(45)22-23-35(33)41-37(43)29-42(2)36(40(32)41)24-25-38(42)46/h11,13-14,18-19,22-23,28,32,36-38,40-41,45-46H,3-10,12,15-17,20-21,24-27,29-30H2,1-2H3/t32-,36?,37+,38+,40?,41?,42+/m1/s1. The van der Waals surface area contributed by atoms with Crippen molar-refractivity contribution in [3.05, 3.63) is 65.2 Å². The molecule has 5 rings (SSSR count). The largest absolute Gasteiger partial charge is 0.508 e. The van der Waals surface area contributed by atoms with E-state index in [1.807, 2.05) is 18.2 Å². The number of hydrogen-bond donors (Lipinski definition) is 2. The summed E-state index contributed by atoms with van der Waals surface area (Å²) in [7, 11) is 0. The number of phenolic OH excluding ortho intramolecular Hbond substituents is 1. The number of hydrogen-bond acceptors (Lipinski definition) is 3. The third-order valence-corrected chi connectivity index (χ3v) is 12.3. The number of aromatic hydroxyl groups is 1. The summed E-state index contributed by atoms with van der Waals surface area (Å²) in [6.45, 7) is 5.84. The predicted octanol–water partition coefficient (Wildman–Crippen LogP) is 10.3. The smallest absolute Gasteiger partial charge is 0.222 e. The van der Waals surface area contributed by atoms with Crippen molar-refractivity contribution in [2.75, 3.05) is 6.54 Å². The number of unbranched alkanes of at least 4 members (excludes halogenated alkanes) is 10. The van der Waals surface area contributed by atoms with E-state index in [2.05, 4.69) is 43.0 Å². The summed E-state index contributed by atoms with van der Waals surface area (Å²) >= 11 is 0. The van der Waals surface area contributed by atoms with Gasteiger partial charge in [-0.25, -0.2) is 4.39 Å². The van der Waals surface area contributed by atoms with Crippen molar-refractivity contribution < 1.29 is 19.4 Å². The fourth-order valence-corrected chi connectivity index (χ4v) is 9.76. The van der Waals surface area contributed by atoms with E-state index in [1.54, 1.807) is 6.07 Å². The number of carbonyl (C=O) groups excluding carboxylic acids is 1. The second-order valence-corrected chi connectivity index (χ2v) is 15.6. The minimum absolute atomic E-state index is 0.146. The van der Waals surface area contributed by atoms with Crippen molar-refractivity contribution in [3.63, 3.8) is 0 Å². The van der Waals surface area contributed by atoms with Crippen LogP contribution < -0.4 is 0 Å². The van der Waals surface area contributed by atoms with Gasteiger partial charge in [0.05, 0.1) is 6.10 Å². The van der Waals surface area contributed by atoms with Gasteiger partial charge >= 0.3 is 0 Å². The van der Waals surface area contributed by atoms with Crippen LogP contribution in [0.4, 0.5) is 4.39 Å². The molecule has 5 heteroatoms. The van der Waals surface area contributed by atoms with Gasteiger partial charge in [0.1, 0.15) is 11.9 Å². The molecule has 2 N–H and O–H groups in total. The first-order valence-corrected chi connectivity index (χ1v) is 19.3. The molecule has 3 aliphatic rings. The predicted molar refractivity (Wildman–Crippen MR) is 190 cm³/mol. The lowest BCUT2D eigenvalue weighted by Crippen LogP contribution is -2.51. The van der Waals surface area contributed by atoms with Crippen LogP contribution in [-0.4, -0.2) is 39.8 Å². The minimum Gasteiger partial charge on any atom is -0.508 e. The number of rotatable bonds is 18. The number of aliphatic hydroxyl groups is 1. The third kappa shape index (κ3) is 8.99. The number of benzene rings is 2. The number of fused-ring (bicyclic) bond motifs is 5. The molecule has 0 saturated heterocycles. The number of nitrogens with zero attached hydrogens (tertiary/aromatic N) is 1. The lowest BCUT2D eigenvalue weighted by Gasteiger charge is -2.54. The summed E-state index contributed by atoms with van der Waals surface area (Å²) in [6, 6.07) is 15.9. The van der Waals surface area contributed by atoms with Crippen LogP contribution in [0.25, 0.3) is 0 Å². The molecule has 0 aromatic heterocycles. The first-order valence-electron chi connectivity index (χ1n) is 19.3. The molecule has 0 aliphatic heterocycles. The number of carbonyl (C=O) groups is 1. The molecule has 1 amide bonds. The van der Waals surface area contributed by atoms with E-state index in [0.29, 0.717) is 31.2 Å². The Hall–Kier alpha value is -2.40. The Morgan fingerprint density at radius 1 is 0.915 bits per heavy atom. The molecule has 3 aliphatic carbocycles. The molecule has 3 unspecified atom stereocenters. The van der Waals surface area contributed by atoms with Gasteiger partial charge in [-0.3, -0.25) is 4.79 Å². The zero-order valence-electron chi connectivity index (χ0n) is 29.4. The van der Waals surface area contributed by atoms with E-state index < -0.39 is 12.3 Å². The Morgan fingerprint density at radius 2 is 1.62 bits per heavy atom. The van der Waals surface area contributed by atoms with Gasteiger partial charge in [0.2, 0.25) is 5.91 Å². The van der Waals surface area contributed by atoms with Gasteiger partial charge < -0.3 is 15.1 Å². The van der Waals surface area contributed by atoms with Gasteiger partial charge in [0.25, 0.3) is 0 Å². The van der Waals surface area contributed by atoms with E-state index >= 15 is 4.39 Å². The monoisotopic (exact) mass is 647 g/mol. The molecular formula is C42H62FNO3.